The van der Waals surface area contributed by atoms with Crippen LogP contribution in [0, 0.1) is 40.4 Å². The first-order valence-corrected chi connectivity index (χ1v) is 13.6. The average molecular weight is 461 g/mol. The van der Waals surface area contributed by atoms with Crippen molar-refractivity contribution in [1.82, 2.24) is 0 Å². The fourth-order valence-corrected chi connectivity index (χ4v) is 8.47. The highest BCUT2D eigenvalue weighted by Gasteiger charge is 2.60. The van der Waals surface area contributed by atoms with Gasteiger partial charge in [0.15, 0.2) is 0 Å². The summed E-state index contributed by atoms with van der Waals surface area (Å²) in [5.74, 6) is 3.26. The monoisotopic (exact) mass is 460 g/mol. The van der Waals surface area contributed by atoms with Crippen molar-refractivity contribution in [2.24, 2.45) is 40.4 Å². The highest BCUT2D eigenvalue weighted by molar-refractivity contribution is 5.40. The van der Waals surface area contributed by atoms with Crippen molar-refractivity contribution in [3.63, 3.8) is 0 Å². The molecule has 4 rings (SSSR count). The molecule has 0 unspecified atom stereocenters. The molecule has 0 aliphatic heterocycles. The molecule has 3 saturated carbocycles. The Morgan fingerprint density at radius 3 is 2.48 bits per heavy atom. The van der Waals surface area contributed by atoms with Gasteiger partial charge in [0.1, 0.15) is 6.10 Å². The molecule has 4 aliphatic rings. The van der Waals surface area contributed by atoms with Gasteiger partial charge in [-0.1, -0.05) is 77.2 Å². The van der Waals surface area contributed by atoms with Crippen molar-refractivity contribution in [3.05, 3.63) is 23.3 Å². The molecule has 0 saturated heterocycles. The van der Waals surface area contributed by atoms with E-state index in [0.717, 1.165) is 24.2 Å². The van der Waals surface area contributed by atoms with E-state index in [1.807, 2.05) is 0 Å². The molecule has 0 spiro atoms. The average Bonchev–Trinajstić information content (AvgIpc) is 3.12. The van der Waals surface area contributed by atoms with Crippen molar-refractivity contribution in [3.8, 4) is 0 Å². The van der Waals surface area contributed by atoms with E-state index >= 15 is 0 Å². The van der Waals surface area contributed by atoms with Crippen molar-refractivity contribution in [2.75, 3.05) is 13.2 Å². The topological polar surface area (TPSA) is 69.9 Å². The van der Waals surface area contributed by atoms with Crippen LogP contribution in [-0.4, -0.2) is 46.8 Å². The van der Waals surface area contributed by atoms with Crippen LogP contribution >= 0.6 is 0 Å². The highest BCUT2D eigenvalue weighted by Crippen LogP contribution is 2.66. The molecule has 3 N–H and O–H groups in total. The maximum Gasteiger partial charge on any atom is 0.110 e. The van der Waals surface area contributed by atoms with Crippen molar-refractivity contribution in [2.45, 2.75) is 104 Å². The molecule has 0 radical (unpaired) electrons. The molecule has 0 aromatic rings. The van der Waals surface area contributed by atoms with Crippen LogP contribution in [-0.2, 0) is 4.74 Å². The summed E-state index contributed by atoms with van der Waals surface area (Å²) in [7, 11) is 0. The van der Waals surface area contributed by atoms with Gasteiger partial charge in [-0.05, 0) is 67.1 Å². The van der Waals surface area contributed by atoms with E-state index in [-0.39, 0.29) is 13.2 Å². The minimum Gasteiger partial charge on any atom is -0.394 e. The van der Waals surface area contributed by atoms with E-state index in [2.05, 4.69) is 46.8 Å². The highest BCUT2D eigenvalue weighted by atomic mass is 16.5. The molecular weight excluding hydrogens is 412 g/mol. The fraction of sp³-hybridized carbons (Fsp3) is 0.862. The van der Waals surface area contributed by atoms with Gasteiger partial charge in [0.05, 0.1) is 25.4 Å². The third-order valence-electron chi connectivity index (χ3n) is 10.3. The van der Waals surface area contributed by atoms with E-state index < -0.39 is 23.7 Å². The molecule has 188 valence electrons. The number of rotatable bonds is 8. The second-order valence-electron chi connectivity index (χ2n) is 12.6. The third-order valence-corrected chi connectivity index (χ3v) is 10.3. The van der Waals surface area contributed by atoms with E-state index in [1.165, 1.54) is 44.1 Å². The van der Waals surface area contributed by atoms with Crippen LogP contribution in [0.4, 0.5) is 0 Å². The van der Waals surface area contributed by atoms with Gasteiger partial charge in [0.25, 0.3) is 0 Å². The number of allylic oxidation sites excluding steroid dienone is 3. The van der Waals surface area contributed by atoms with Gasteiger partial charge in [-0.15, -0.1) is 0 Å². The first-order chi connectivity index (χ1) is 15.6. The number of hydrogen-bond donors (Lipinski definition) is 3. The van der Waals surface area contributed by atoms with Gasteiger partial charge in [0.2, 0.25) is 0 Å². The van der Waals surface area contributed by atoms with Crippen LogP contribution < -0.4 is 0 Å². The van der Waals surface area contributed by atoms with E-state index in [4.69, 9.17) is 4.74 Å². The molecule has 33 heavy (non-hydrogen) atoms. The predicted molar refractivity (Wildman–Crippen MR) is 133 cm³/mol. The summed E-state index contributed by atoms with van der Waals surface area (Å²) in [6.07, 6.45) is 11.9. The third kappa shape index (κ3) is 4.28. The zero-order chi connectivity index (χ0) is 24.0. The second-order valence-corrected chi connectivity index (χ2v) is 12.6. The minimum absolute atomic E-state index is 0.0961. The zero-order valence-electron chi connectivity index (χ0n) is 21.6. The van der Waals surface area contributed by atoms with E-state index in [9.17, 15) is 15.3 Å². The SMILES string of the molecule is CC(C)CCC[C@@H](C)[C@H]1CC[C@H]2C3=CC=C4C[C@@H](O)[C@@H](OCCO)[C@H](O)[C@]4(C)[C@H]3CC[C@]12C. The van der Waals surface area contributed by atoms with Gasteiger partial charge in [-0.2, -0.15) is 0 Å². The summed E-state index contributed by atoms with van der Waals surface area (Å²) >= 11 is 0. The number of aliphatic hydroxyl groups excluding tert-OH is 3. The first kappa shape index (κ1) is 25.4. The lowest BCUT2D eigenvalue weighted by Gasteiger charge is -2.57. The summed E-state index contributed by atoms with van der Waals surface area (Å²) in [5, 5.41) is 31.4. The summed E-state index contributed by atoms with van der Waals surface area (Å²) in [6.45, 7) is 12.0. The molecule has 4 nitrogen and oxygen atoms in total. The minimum atomic E-state index is -0.760. The van der Waals surface area contributed by atoms with Gasteiger partial charge in [0, 0.05) is 5.41 Å². The van der Waals surface area contributed by atoms with Crippen molar-refractivity contribution >= 4 is 0 Å². The number of ether oxygens (including phenoxy) is 1. The molecule has 0 aromatic heterocycles. The maximum absolute atomic E-state index is 11.5. The standard InChI is InChI=1S/C29H48O4/c1-18(2)7-6-8-19(3)22-11-12-23-21-10-9-20-17-25(31)26(33-16-15-30)27(32)29(20,5)24(21)13-14-28(22,23)4/h9-10,18-19,22-27,30-32H,6-8,11-17H2,1-5H3/t19-,22-,23+,24+,25-,26-,27+,28-,29+/m1/s1. The summed E-state index contributed by atoms with van der Waals surface area (Å²) < 4.78 is 5.76. The Balaban J connectivity index is 1.55. The molecule has 4 aliphatic carbocycles. The molecule has 0 bridgehead atoms. The van der Waals surface area contributed by atoms with Crippen LogP contribution in [0.3, 0.4) is 0 Å². The van der Waals surface area contributed by atoms with Gasteiger partial charge in [-0.25, -0.2) is 0 Å². The summed E-state index contributed by atoms with van der Waals surface area (Å²) in [6, 6.07) is 0. The lowest BCUT2D eigenvalue weighted by Crippen LogP contribution is -2.59. The normalized spacial score (nSPS) is 43.4. The zero-order valence-corrected chi connectivity index (χ0v) is 21.6. The Morgan fingerprint density at radius 1 is 1.03 bits per heavy atom. The molecule has 0 heterocycles. The van der Waals surface area contributed by atoms with Gasteiger partial charge in [-0.3, -0.25) is 0 Å². The Morgan fingerprint density at radius 2 is 1.79 bits per heavy atom. The number of aliphatic hydroxyl groups is 3. The Labute approximate surface area is 201 Å². The van der Waals surface area contributed by atoms with Crippen LogP contribution in [0.5, 0.6) is 0 Å². The molecular formula is C29H48O4. The van der Waals surface area contributed by atoms with Crippen LogP contribution in [0.1, 0.15) is 86.0 Å². The van der Waals surface area contributed by atoms with Gasteiger partial charge >= 0.3 is 0 Å². The van der Waals surface area contributed by atoms with E-state index in [0.29, 0.717) is 23.7 Å². The molecule has 4 heteroatoms. The predicted octanol–water partition coefficient (Wildman–Crippen LogP) is 5.27. The number of hydrogen-bond acceptors (Lipinski definition) is 4. The van der Waals surface area contributed by atoms with Crippen molar-refractivity contribution in [1.29, 1.82) is 0 Å². The molecule has 0 aromatic carbocycles. The summed E-state index contributed by atoms with van der Waals surface area (Å²) in [5.41, 5.74) is 2.67. The Kier molecular flexibility index (Phi) is 7.51. The van der Waals surface area contributed by atoms with Gasteiger partial charge < -0.3 is 20.1 Å². The summed E-state index contributed by atoms with van der Waals surface area (Å²) in [4.78, 5) is 0. The fourth-order valence-electron chi connectivity index (χ4n) is 8.47. The Hall–Kier alpha value is -0.680. The smallest absolute Gasteiger partial charge is 0.110 e. The second kappa shape index (κ2) is 9.76. The van der Waals surface area contributed by atoms with E-state index in [1.54, 1.807) is 5.57 Å². The van der Waals surface area contributed by atoms with Crippen LogP contribution in [0.25, 0.3) is 0 Å². The first-order valence-electron chi connectivity index (χ1n) is 13.6. The molecule has 9 atom stereocenters. The lowest BCUT2D eigenvalue weighted by molar-refractivity contribution is -0.164. The largest absolute Gasteiger partial charge is 0.394 e. The maximum atomic E-state index is 11.5. The van der Waals surface area contributed by atoms with Crippen LogP contribution in [0.2, 0.25) is 0 Å². The molecule has 0 amide bonds. The molecule has 3 fully saturated rings. The Bertz CT molecular complexity index is 757. The van der Waals surface area contributed by atoms with Crippen molar-refractivity contribution < 1.29 is 20.1 Å². The quantitative estimate of drug-likeness (QED) is 0.462. The van der Waals surface area contributed by atoms with Crippen LogP contribution in [0.15, 0.2) is 23.3 Å². The lowest BCUT2D eigenvalue weighted by atomic mass is 9.49. The number of fused-ring (bicyclic) bond motifs is 5.